The number of halogens is 2. The number of rotatable bonds is 5. The van der Waals surface area contributed by atoms with Gasteiger partial charge >= 0.3 is 0 Å². The number of aromatic nitrogens is 1. The number of carbonyl (C=O) groups is 1. The first kappa shape index (κ1) is 16.2. The minimum Gasteiger partial charge on any atom is -0.433 e. The van der Waals surface area contributed by atoms with Crippen LogP contribution in [0.2, 0.25) is 0 Å². The van der Waals surface area contributed by atoms with Crippen LogP contribution in [-0.4, -0.2) is 29.8 Å². The predicted molar refractivity (Wildman–Crippen MR) is 85.1 cm³/mol. The van der Waals surface area contributed by atoms with Gasteiger partial charge in [-0.2, -0.15) is 0 Å². The van der Waals surface area contributed by atoms with E-state index in [-0.39, 0.29) is 17.4 Å². The van der Waals surface area contributed by atoms with Crippen molar-refractivity contribution in [2.75, 3.05) is 14.1 Å². The van der Waals surface area contributed by atoms with E-state index in [4.69, 9.17) is 4.74 Å². The number of allylic oxidation sites excluding steroid dienone is 1. The van der Waals surface area contributed by atoms with E-state index in [2.05, 4.69) is 20.9 Å². The number of benzene rings is 1. The summed E-state index contributed by atoms with van der Waals surface area (Å²) in [6.07, 6.45) is 1.55. The first-order valence-electron chi connectivity index (χ1n) is 6.44. The molecule has 1 aromatic carbocycles. The summed E-state index contributed by atoms with van der Waals surface area (Å²) in [4.78, 5) is 18.3. The fourth-order valence-corrected chi connectivity index (χ4v) is 2.00. The molecular weight excluding hydrogens is 351 g/mol. The van der Waals surface area contributed by atoms with Crippen molar-refractivity contribution in [1.29, 1.82) is 0 Å². The Kier molecular flexibility index (Phi) is 5.27. The molecule has 0 fully saturated rings. The van der Waals surface area contributed by atoms with Gasteiger partial charge in [0.2, 0.25) is 11.7 Å². The van der Waals surface area contributed by atoms with Crippen molar-refractivity contribution in [3.63, 3.8) is 0 Å². The number of nitrogens with zero attached hydrogens (tertiary/aromatic N) is 2. The van der Waals surface area contributed by atoms with E-state index in [1.807, 2.05) is 0 Å². The van der Waals surface area contributed by atoms with E-state index in [1.165, 1.54) is 24.3 Å². The molecule has 4 nitrogen and oxygen atoms in total. The number of ketones is 1. The van der Waals surface area contributed by atoms with Crippen LogP contribution in [0.4, 0.5) is 4.39 Å². The first-order valence-corrected chi connectivity index (χ1v) is 7.24. The second-order valence-electron chi connectivity index (χ2n) is 4.69. The minimum atomic E-state index is -0.399. The van der Waals surface area contributed by atoms with Gasteiger partial charge in [-0.05, 0) is 46.3 Å². The Morgan fingerprint density at radius 2 is 1.91 bits per heavy atom. The van der Waals surface area contributed by atoms with Crippen molar-refractivity contribution in [3.05, 3.63) is 70.4 Å². The number of Topliss-reactive ketones (excluding diaryl/α,β-unsaturated/α-hetero) is 1. The van der Waals surface area contributed by atoms with Gasteiger partial charge in [-0.25, -0.2) is 9.37 Å². The van der Waals surface area contributed by atoms with Crippen LogP contribution in [0.15, 0.2) is 59.0 Å². The van der Waals surface area contributed by atoms with Crippen LogP contribution in [-0.2, 0) is 0 Å². The average Bonchev–Trinajstić information content (AvgIpc) is 2.46. The van der Waals surface area contributed by atoms with Crippen LogP contribution in [0, 0.1) is 5.82 Å². The van der Waals surface area contributed by atoms with Crippen molar-refractivity contribution in [3.8, 4) is 5.88 Å². The van der Waals surface area contributed by atoms with E-state index >= 15 is 0 Å². The highest BCUT2D eigenvalue weighted by molar-refractivity contribution is 9.10. The summed E-state index contributed by atoms with van der Waals surface area (Å²) in [5.74, 6) is -0.361. The molecule has 0 saturated heterocycles. The van der Waals surface area contributed by atoms with E-state index in [9.17, 15) is 9.18 Å². The second kappa shape index (κ2) is 7.17. The van der Waals surface area contributed by atoms with Crippen LogP contribution in [0.1, 0.15) is 10.4 Å². The van der Waals surface area contributed by atoms with Gasteiger partial charge in [0.05, 0.1) is 0 Å². The molecule has 0 unspecified atom stereocenters. The summed E-state index contributed by atoms with van der Waals surface area (Å²) in [5, 5.41) is 0. The standard InChI is InChI=1S/C16H14BrFN2O2/c1-20(2)10-13(22-15-5-3-4-14(17)19-15)16(21)11-6-8-12(18)9-7-11/h3-10H,1-2H3/b13-10+. The smallest absolute Gasteiger partial charge is 0.229 e. The normalized spacial score (nSPS) is 11.2. The maximum Gasteiger partial charge on any atom is 0.229 e. The molecule has 114 valence electrons. The Morgan fingerprint density at radius 1 is 1.23 bits per heavy atom. The summed E-state index contributed by atoms with van der Waals surface area (Å²) >= 11 is 3.25. The quantitative estimate of drug-likeness (QED) is 0.351. The lowest BCUT2D eigenvalue weighted by molar-refractivity contribution is 0.0980. The SMILES string of the molecule is CN(C)/C=C(/Oc1cccc(Br)n1)C(=O)c1ccc(F)cc1. The number of pyridine rings is 1. The fraction of sp³-hybridized carbons (Fsp3) is 0.125. The summed E-state index contributed by atoms with van der Waals surface area (Å²) in [5.41, 5.74) is 0.337. The highest BCUT2D eigenvalue weighted by Crippen LogP contribution is 2.18. The highest BCUT2D eigenvalue weighted by Gasteiger charge is 2.16. The van der Waals surface area contributed by atoms with Gasteiger partial charge in [0.1, 0.15) is 10.4 Å². The molecule has 0 aliphatic heterocycles. The molecule has 1 heterocycles. The first-order chi connectivity index (χ1) is 10.5. The van der Waals surface area contributed by atoms with Crippen molar-refractivity contribution >= 4 is 21.7 Å². The van der Waals surface area contributed by atoms with Crippen molar-refractivity contribution in [2.45, 2.75) is 0 Å². The molecule has 22 heavy (non-hydrogen) atoms. The molecule has 0 radical (unpaired) electrons. The number of hydrogen-bond acceptors (Lipinski definition) is 4. The predicted octanol–water partition coefficient (Wildman–Crippen LogP) is 3.65. The lowest BCUT2D eigenvalue weighted by Gasteiger charge is -2.12. The maximum atomic E-state index is 13.0. The van der Waals surface area contributed by atoms with Gasteiger partial charge in [-0.1, -0.05) is 6.07 Å². The lowest BCUT2D eigenvalue weighted by atomic mass is 10.1. The molecule has 0 amide bonds. The largest absolute Gasteiger partial charge is 0.433 e. The van der Waals surface area contributed by atoms with Gasteiger partial charge in [0.15, 0.2) is 5.76 Å². The average molecular weight is 365 g/mol. The number of ether oxygens (including phenoxy) is 1. The van der Waals surface area contributed by atoms with Gasteiger partial charge < -0.3 is 9.64 Å². The van der Waals surface area contributed by atoms with Gasteiger partial charge in [0.25, 0.3) is 0 Å². The van der Waals surface area contributed by atoms with Crippen LogP contribution < -0.4 is 4.74 Å². The molecule has 0 aliphatic rings. The summed E-state index contributed by atoms with van der Waals surface area (Å²) in [6.45, 7) is 0. The Morgan fingerprint density at radius 3 is 2.50 bits per heavy atom. The molecule has 0 N–H and O–H groups in total. The van der Waals surface area contributed by atoms with E-state index < -0.39 is 5.82 Å². The number of hydrogen-bond donors (Lipinski definition) is 0. The van der Waals surface area contributed by atoms with Crippen molar-refractivity contribution in [2.24, 2.45) is 0 Å². The third-order valence-corrected chi connectivity index (χ3v) is 3.05. The van der Waals surface area contributed by atoms with E-state index in [1.54, 1.807) is 43.4 Å². The Balaban J connectivity index is 2.30. The lowest BCUT2D eigenvalue weighted by Crippen LogP contribution is -2.15. The topological polar surface area (TPSA) is 42.4 Å². The molecule has 0 aliphatic carbocycles. The zero-order valence-corrected chi connectivity index (χ0v) is 13.7. The van der Waals surface area contributed by atoms with Crippen LogP contribution in [0.25, 0.3) is 0 Å². The van der Waals surface area contributed by atoms with Crippen molar-refractivity contribution in [1.82, 2.24) is 9.88 Å². The molecular formula is C16H14BrFN2O2. The van der Waals surface area contributed by atoms with Gasteiger partial charge in [-0.15, -0.1) is 0 Å². The van der Waals surface area contributed by atoms with Crippen LogP contribution >= 0.6 is 15.9 Å². The monoisotopic (exact) mass is 364 g/mol. The molecule has 2 aromatic rings. The third kappa shape index (κ3) is 4.39. The van der Waals surface area contributed by atoms with Gasteiger partial charge in [0, 0.05) is 31.9 Å². The van der Waals surface area contributed by atoms with Gasteiger partial charge in [-0.3, -0.25) is 4.79 Å². The van der Waals surface area contributed by atoms with Crippen LogP contribution in [0.5, 0.6) is 5.88 Å². The highest BCUT2D eigenvalue weighted by atomic mass is 79.9. The number of carbonyl (C=O) groups excluding carboxylic acids is 1. The molecule has 0 spiro atoms. The minimum absolute atomic E-state index is 0.0993. The van der Waals surface area contributed by atoms with Crippen molar-refractivity contribution < 1.29 is 13.9 Å². The molecule has 0 bridgehead atoms. The van der Waals surface area contributed by atoms with E-state index in [0.717, 1.165) is 0 Å². The molecule has 1 aromatic heterocycles. The van der Waals surface area contributed by atoms with E-state index in [0.29, 0.717) is 10.2 Å². The summed E-state index contributed by atoms with van der Waals surface area (Å²) in [7, 11) is 3.55. The Hall–Kier alpha value is -2.21. The fourth-order valence-electron chi connectivity index (χ4n) is 1.67. The summed E-state index contributed by atoms with van der Waals surface area (Å²) in [6, 6.07) is 10.5. The Bertz CT molecular complexity index is 700. The summed E-state index contributed by atoms with van der Waals surface area (Å²) < 4.78 is 19.2. The Labute approximate surface area is 136 Å². The molecule has 0 saturated carbocycles. The molecule has 6 heteroatoms. The maximum absolute atomic E-state index is 13.0. The zero-order chi connectivity index (χ0) is 16.1. The van der Waals surface area contributed by atoms with Crippen LogP contribution in [0.3, 0.4) is 0 Å². The third-order valence-electron chi connectivity index (χ3n) is 2.61. The molecule has 2 rings (SSSR count). The molecule has 0 atom stereocenters. The second-order valence-corrected chi connectivity index (χ2v) is 5.51. The zero-order valence-electron chi connectivity index (χ0n) is 12.1.